The van der Waals surface area contributed by atoms with Gasteiger partial charge in [0.15, 0.2) is 0 Å². The number of phenolic OH excluding ortho intramolecular Hbond substituents is 1. The van der Waals surface area contributed by atoms with Gasteiger partial charge in [-0.25, -0.2) is 0 Å². The Labute approximate surface area is 113 Å². The fraction of sp³-hybridized carbons (Fsp3) is 0.500. The van der Waals surface area contributed by atoms with E-state index in [0.29, 0.717) is 25.8 Å². The highest BCUT2D eigenvalue weighted by molar-refractivity contribution is 5.81. The summed E-state index contributed by atoms with van der Waals surface area (Å²) < 4.78 is 0. The van der Waals surface area contributed by atoms with Gasteiger partial charge in [0.05, 0.1) is 12.1 Å². The van der Waals surface area contributed by atoms with Gasteiger partial charge in [0.25, 0.3) is 0 Å². The molecule has 0 saturated heterocycles. The first kappa shape index (κ1) is 15.5. The summed E-state index contributed by atoms with van der Waals surface area (Å²) in [5.41, 5.74) is 6.70. The third kappa shape index (κ3) is 5.72. The van der Waals surface area contributed by atoms with E-state index in [1.54, 1.807) is 24.3 Å². The first-order valence-electron chi connectivity index (χ1n) is 6.52. The Balaban J connectivity index is 2.34. The molecule has 1 unspecified atom stereocenters. The van der Waals surface area contributed by atoms with Crippen molar-refractivity contribution in [3.05, 3.63) is 29.8 Å². The maximum atomic E-state index is 11.7. The van der Waals surface area contributed by atoms with Gasteiger partial charge in [-0.2, -0.15) is 0 Å². The first-order chi connectivity index (χ1) is 9.02. The van der Waals surface area contributed by atoms with Crippen molar-refractivity contribution in [1.29, 1.82) is 0 Å². The van der Waals surface area contributed by atoms with Gasteiger partial charge in [-0.1, -0.05) is 19.1 Å². The average molecular weight is 266 g/mol. The fourth-order valence-electron chi connectivity index (χ4n) is 1.68. The van der Waals surface area contributed by atoms with Crippen molar-refractivity contribution in [3.63, 3.8) is 0 Å². The van der Waals surface area contributed by atoms with Crippen LogP contribution < -0.4 is 11.1 Å². The van der Waals surface area contributed by atoms with Crippen LogP contribution in [0.3, 0.4) is 0 Å². The van der Waals surface area contributed by atoms with Gasteiger partial charge in [-0.15, -0.1) is 0 Å². The van der Waals surface area contributed by atoms with Gasteiger partial charge in [-0.05, 0) is 37.0 Å². The number of hydrogen-bond donors (Lipinski definition) is 4. The molecule has 0 spiro atoms. The molecule has 5 nitrogen and oxygen atoms in total. The Kier molecular flexibility index (Phi) is 6.32. The van der Waals surface area contributed by atoms with Crippen molar-refractivity contribution in [3.8, 4) is 5.75 Å². The van der Waals surface area contributed by atoms with Crippen molar-refractivity contribution in [2.75, 3.05) is 6.54 Å². The van der Waals surface area contributed by atoms with Gasteiger partial charge in [-0.3, -0.25) is 4.79 Å². The SMILES string of the molecule is CCC(O)CCNC(=O)[C@@H](N)Cc1ccc(O)cc1. The molecule has 1 amide bonds. The average Bonchev–Trinajstić information content (AvgIpc) is 2.40. The molecule has 1 aromatic carbocycles. The molecule has 5 heteroatoms. The maximum absolute atomic E-state index is 11.7. The van der Waals surface area contributed by atoms with E-state index in [1.165, 1.54) is 0 Å². The molecule has 1 rings (SSSR count). The second-order valence-electron chi connectivity index (χ2n) is 4.62. The van der Waals surface area contributed by atoms with Gasteiger partial charge in [0, 0.05) is 6.54 Å². The van der Waals surface area contributed by atoms with Crippen LogP contribution in [0.1, 0.15) is 25.3 Å². The monoisotopic (exact) mass is 266 g/mol. The summed E-state index contributed by atoms with van der Waals surface area (Å²) in [6.07, 6.45) is 1.25. The third-order valence-electron chi connectivity index (χ3n) is 2.98. The predicted molar refractivity (Wildman–Crippen MR) is 73.7 cm³/mol. The smallest absolute Gasteiger partial charge is 0.237 e. The summed E-state index contributed by atoms with van der Waals surface area (Å²) >= 11 is 0. The van der Waals surface area contributed by atoms with E-state index in [9.17, 15) is 9.90 Å². The number of benzene rings is 1. The first-order valence-corrected chi connectivity index (χ1v) is 6.52. The molecule has 0 bridgehead atoms. The lowest BCUT2D eigenvalue weighted by Crippen LogP contribution is -2.42. The highest BCUT2D eigenvalue weighted by Gasteiger charge is 2.14. The molecule has 106 valence electrons. The molecular formula is C14H22N2O3. The minimum atomic E-state index is -0.622. The second kappa shape index (κ2) is 7.76. The predicted octanol–water partition coefficient (Wildman–Crippen LogP) is 0.539. The topological polar surface area (TPSA) is 95.6 Å². The standard InChI is InChI=1S/C14H22N2O3/c1-2-11(17)7-8-16-14(19)13(15)9-10-3-5-12(18)6-4-10/h3-6,11,13,17-18H,2,7-9,15H2,1H3,(H,16,19)/t11?,13-/m0/s1. The second-order valence-corrected chi connectivity index (χ2v) is 4.62. The Morgan fingerprint density at radius 1 is 1.37 bits per heavy atom. The summed E-state index contributed by atoms with van der Waals surface area (Å²) in [6.45, 7) is 2.32. The Morgan fingerprint density at radius 3 is 2.58 bits per heavy atom. The van der Waals surface area contributed by atoms with Crippen molar-refractivity contribution < 1.29 is 15.0 Å². The van der Waals surface area contributed by atoms with Crippen molar-refractivity contribution in [1.82, 2.24) is 5.32 Å². The maximum Gasteiger partial charge on any atom is 0.237 e. The third-order valence-corrected chi connectivity index (χ3v) is 2.98. The van der Waals surface area contributed by atoms with Gasteiger partial charge < -0.3 is 21.3 Å². The summed E-state index contributed by atoms with van der Waals surface area (Å²) in [7, 11) is 0. The van der Waals surface area contributed by atoms with Crippen LogP contribution in [-0.2, 0) is 11.2 Å². The number of hydrogen-bond acceptors (Lipinski definition) is 4. The molecule has 0 aliphatic rings. The van der Waals surface area contributed by atoms with E-state index < -0.39 is 6.04 Å². The molecule has 5 N–H and O–H groups in total. The largest absolute Gasteiger partial charge is 0.508 e. The Morgan fingerprint density at radius 2 is 2.00 bits per heavy atom. The molecule has 2 atom stereocenters. The van der Waals surface area contributed by atoms with E-state index in [1.807, 2.05) is 6.92 Å². The minimum Gasteiger partial charge on any atom is -0.508 e. The minimum absolute atomic E-state index is 0.190. The van der Waals surface area contributed by atoms with E-state index in [0.717, 1.165) is 5.56 Å². The summed E-state index contributed by atoms with van der Waals surface area (Å²) in [6, 6.07) is 5.99. The Bertz CT molecular complexity index is 392. The number of aliphatic hydroxyl groups excluding tert-OH is 1. The number of carbonyl (C=O) groups excluding carboxylic acids is 1. The lowest BCUT2D eigenvalue weighted by molar-refractivity contribution is -0.122. The van der Waals surface area contributed by atoms with Gasteiger partial charge in [0.1, 0.15) is 5.75 Å². The lowest BCUT2D eigenvalue weighted by atomic mass is 10.1. The number of amides is 1. The van der Waals surface area contributed by atoms with Gasteiger partial charge >= 0.3 is 0 Å². The van der Waals surface area contributed by atoms with Crippen LogP contribution in [0.15, 0.2) is 24.3 Å². The number of phenols is 1. The van der Waals surface area contributed by atoms with E-state index in [4.69, 9.17) is 10.8 Å². The lowest BCUT2D eigenvalue weighted by Gasteiger charge is -2.13. The molecule has 0 saturated carbocycles. The molecule has 0 aliphatic carbocycles. The normalized spacial score (nSPS) is 13.8. The summed E-state index contributed by atoms with van der Waals surface area (Å²) in [5.74, 6) is -0.0355. The van der Waals surface area contributed by atoms with Crippen LogP contribution >= 0.6 is 0 Å². The molecule has 1 aromatic rings. The summed E-state index contributed by atoms with van der Waals surface area (Å²) in [5, 5.41) is 21.2. The zero-order chi connectivity index (χ0) is 14.3. The molecule has 19 heavy (non-hydrogen) atoms. The number of rotatable bonds is 7. The zero-order valence-corrected chi connectivity index (χ0v) is 11.2. The molecule has 0 heterocycles. The molecule has 0 fully saturated rings. The van der Waals surface area contributed by atoms with Crippen molar-refractivity contribution >= 4 is 5.91 Å². The van der Waals surface area contributed by atoms with Crippen molar-refractivity contribution in [2.45, 2.75) is 38.3 Å². The molecular weight excluding hydrogens is 244 g/mol. The van der Waals surface area contributed by atoms with E-state index in [-0.39, 0.29) is 17.8 Å². The number of aromatic hydroxyl groups is 1. The van der Waals surface area contributed by atoms with Crippen LogP contribution in [0, 0.1) is 0 Å². The molecule has 0 radical (unpaired) electrons. The van der Waals surface area contributed by atoms with E-state index >= 15 is 0 Å². The Hall–Kier alpha value is -1.59. The van der Waals surface area contributed by atoms with Crippen molar-refractivity contribution in [2.24, 2.45) is 5.73 Å². The van der Waals surface area contributed by atoms with Crippen LogP contribution in [0.2, 0.25) is 0 Å². The fourth-order valence-corrected chi connectivity index (χ4v) is 1.68. The van der Waals surface area contributed by atoms with E-state index in [2.05, 4.69) is 5.32 Å². The molecule has 0 aliphatic heterocycles. The van der Waals surface area contributed by atoms with Crippen LogP contribution in [0.4, 0.5) is 0 Å². The van der Waals surface area contributed by atoms with Gasteiger partial charge in [0.2, 0.25) is 5.91 Å². The molecule has 0 aromatic heterocycles. The quantitative estimate of drug-likeness (QED) is 0.579. The van der Waals surface area contributed by atoms with Crippen LogP contribution in [0.5, 0.6) is 5.75 Å². The highest BCUT2D eigenvalue weighted by atomic mass is 16.3. The zero-order valence-electron chi connectivity index (χ0n) is 11.2. The summed E-state index contributed by atoms with van der Waals surface area (Å²) in [4.78, 5) is 11.7. The van der Waals surface area contributed by atoms with Crippen LogP contribution in [-0.4, -0.2) is 34.8 Å². The highest BCUT2D eigenvalue weighted by Crippen LogP contribution is 2.10. The number of carbonyl (C=O) groups is 1. The number of aliphatic hydroxyl groups is 1. The number of nitrogens with two attached hydrogens (primary N) is 1. The number of nitrogens with one attached hydrogen (secondary N) is 1. The van der Waals surface area contributed by atoms with Crippen LogP contribution in [0.25, 0.3) is 0 Å².